The topological polar surface area (TPSA) is 43.4 Å². The van der Waals surface area contributed by atoms with Crippen LogP contribution in [0.2, 0.25) is 12.6 Å². The van der Waals surface area contributed by atoms with Crippen molar-refractivity contribution < 1.29 is 9.46 Å². The quantitative estimate of drug-likeness (QED) is 0.570. The van der Waals surface area contributed by atoms with Gasteiger partial charge in [0.2, 0.25) is 0 Å². The number of hydrogen-bond acceptors (Lipinski definition) is 3. The Morgan fingerprint density at radius 2 is 1.95 bits per heavy atom. The lowest BCUT2D eigenvalue weighted by atomic mass is 10.4. The minimum absolute atomic E-state index is 0.142. The zero-order valence-electron chi connectivity index (χ0n) is 12.0. The van der Waals surface area contributed by atoms with Gasteiger partial charge in [0.1, 0.15) is 8.07 Å². The van der Waals surface area contributed by atoms with E-state index in [9.17, 15) is 9.46 Å². The smallest absolute Gasteiger partial charge is 0.107 e. The summed E-state index contributed by atoms with van der Waals surface area (Å²) in [6.07, 6.45) is 0.401. The van der Waals surface area contributed by atoms with E-state index in [-0.39, 0.29) is 12.4 Å². The van der Waals surface area contributed by atoms with Gasteiger partial charge in [0.25, 0.3) is 0 Å². The minimum Gasteiger partial charge on any atom is -0.798 e. The SMILES string of the molecule is C=C[Si](C)(CCP(=O)([O-])CN(C)C)c1ccccc1. The second-order valence-corrected chi connectivity index (χ2v) is 12.2. The Balaban J connectivity index is 2.78. The fourth-order valence-corrected chi connectivity index (χ4v) is 7.99. The lowest BCUT2D eigenvalue weighted by Crippen LogP contribution is -2.43. The standard InChI is InChI=1S/C14H24NO2PSi/c1-5-19(4,14-9-7-6-8-10-14)12-11-18(16,17)13-15(2)3/h5-10H,1,11-13H2,2-4H3,(H,16,17)/p-1. The van der Waals surface area contributed by atoms with Gasteiger partial charge in [-0.25, -0.2) is 0 Å². The highest BCUT2D eigenvalue weighted by atomic mass is 31.2. The maximum atomic E-state index is 12.0. The first-order valence-electron chi connectivity index (χ1n) is 6.42. The normalized spacial score (nSPS) is 17.7. The van der Waals surface area contributed by atoms with Crippen molar-refractivity contribution >= 4 is 20.6 Å². The summed E-state index contributed by atoms with van der Waals surface area (Å²) in [5.74, 6) is 0. The van der Waals surface area contributed by atoms with Gasteiger partial charge in [-0.15, -0.1) is 6.58 Å². The van der Waals surface area contributed by atoms with E-state index < -0.39 is 15.4 Å². The van der Waals surface area contributed by atoms with Crippen molar-refractivity contribution in [3.8, 4) is 0 Å². The fourth-order valence-electron chi connectivity index (χ4n) is 2.09. The summed E-state index contributed by atoms with van der Waals surface area (Å²) in [5.41, 5.74) is 1.98. The Morgan fingerprint density at radius 1 is 1.37 bits per heavy atom. The van der Waals surface area contributed by atoms with Crippen LogP contribution in [0, 0.1) is 0 Å². The molecule has 2 unspecified atom stereocenters. The zero-order chi connectivity index (χ0) is 14.5. The predicted octanol–water partition coefficient (Wildman–Crippen LogP) is 1.85. The van der Waals surface area contributed by atoms with E-state index in [1.165, 1.54) is 5.19 Å². The molecule has 0 heterocycles. The third-order valence-corrected chi connectivity index (χ3v) is 9.52. The molecular formula is C14H23NO2PSi-. The number of benzene rings is 1. The summed E-state index contributed by atoms with van der Waals surface area (Å²) in [6, 6.07) is 10.8. The van der Waals surface area contributed by atoms with Gasteiger partial charge in [-0.05, 0) is 26.3 Å². The van der Waals surface area contributed by atoms with Crippen LogP contribution < -0.4 is 10.1 Å². The maximum absolute atomic E-state index is 12.0. The molecule has 0 radical (unpaired) electrons. The Kier molecular flexibility index (Phi) is 5.75. The molecular weight excluding hydrogens is 273 g/mol. The van der Waals surface area contributed by atoms with Crippen LogP contribution in [0.5, 0.6) is 0 Å². The minimum atomic E-state index is -3.32. The molecule has 0 N–H and O–H groups in total. The van der Waals surface area contributed by atoms with Crippen molar-refractivity contribution in [2.75, 3.05) is 26.5 Å². The summed E-state index contributed by atoms with van der Waals surface area (Å²) in [5, 5.41) is 1.25. The van der Waals surface area contributed by atoms with Crippen LogP contribution in [0.1, 0.15) is 0 Å². The number of hydrogen-bond donors (Lipinski definition) is 0. The molecule has 0 fully saturated rings. The molecule has 0 aliphatic heterocycles. The van der Waals surface area contributed by atoms with Gasteiger partial charge in [0.05, 0.1) is 0 Å². The van der Waals surface area contributed by atoms with E-state index in [2.05, 4.69) is 25.3 Å². The monoisotopic (exact) mass is 296 g/mol. The van der Waals surface area contributed by atoms with Gasteiger partial charge in [-0.3, -0.25) is 0 Å². The summed E-state index contributed by atoms with van der Waals surface area (Å²) < 4.78 is 12.0. The molecule has 5 heteroatoms. The predicted molar refractivity (Wildman–Crippen MR) is 83.7 cm³/mol. The highest BCUT2D eigenvalue weighted by Crippen LogP contribution is 2.38. The number of rotatable bonds is 7. The van der Waals surface area contributed by atoms with Gasteiger partial charge in [0.15, 0.2) is 0 Å². The highest BCUT2D eigenvalue weighted by molar-refractivity contribution is 7.56. The Labute approximate surface area is 117 Å². The molecule has 0 aliphatic carbocycles. The molecule has 19 heavy (non-hydrogen) atoms. The van der Waals surface area contributed by atoms with Crippen molar-refractivity contribution in [1.29, 1.82) is 0 Å². The van der Waals surface area contributed by atoms with E-state index in [1.807, 2.05) is 23.9 Å². The lowest BCUT2D eigenvalue weighted by Gasteiger charge is -2.31. The van der Waals surface area contributed by atoms with Gasteiger partial charge in [-0.1, -0.05) is 47.8 Å². The first kappa shape index (κ1) is 16.4. The molecule has 0 bridgehead atoms. The van der Waals surface area contributed by atoms with E-state index in [1.54, 1.807) is 19.0 Å². The van der Waals surface area contributed by atoms with Crippen molar-refractivity contribution in [3.05, 3.63) is 42.6 Å². The van der Waals surface area contributed by atoms with Crippen LogP contribution in [0.3, 0.4) is 0 Å². The largest absolute Gasteiger partial charge is 0.798 e. The van der Waals surface area contributed by atoms with Crippen molar-refractivity contribution in [2.45, 2.75) is 12.6 Å². The average Bonchev–Trinajstić information content (AvgIpc) is 2.36. The molecule has 0 aliphatic rings. The molecule has 3 nitrogen and oxygen atoms in total. The molecule has 0 spiro atoms. The molecule has 1 rings (SSSR count). The van der Waals surface area contributed by atoms with Crippen LogP contribution in [-0.2, 0) is 4.57 Å². The Morgan fingerprint density at radius 3 is 2.42 bits per heavy atom. The van der Waals surface area contributed by atoms with E-state index >= 15 is 0 Å². The van der Waals surface area contributed by atoms with Gasteiger partial charge >= 0.3 is 0 Å². The molecule has 1 aromatic rings. The van der Waals surface area contributed by atoms with Crippen molar-refractivity contribution in [2.24, 2.45) is 0 Å². The third-order valence-electron chi connectivity index (χ3n) is 3.35. The Bertz CT molecular complexity index is 464. The summed E-state index contributed by atoms with van der Waals surface area (Å²) >= 11 is 0. The molecule has 106 valence electrons. The van der Waals surface area contributed by atoms with Crippen LogP contribution in [-0.4, -0.2) is 39.5 Å². The fraction of sp³-hybridized carbons (Fsp3) is 0.429. The third kappa shape index (κ3) is 5.07. The first-order valence-corrected chi connectivity index (χ1v) is 11.2. The highest BCUT2D eigenvalue weighted by Gasteiger charge is 2.27. The van der Waals surface area contributed by atoms with Crippen molar-refractivity contribution in [3.63, 3.8) is 0 Å². The van der Waals surface area contributed by atoms with Gasteiger partial charge < -0.3 is 14.4 Å². The van der Waals surface area contributed by atoms with Crippen LogP contribution in [0.4, 0.5) is 0 Å². The van der Waals surface area contributed by atoms with Crippen LogP contribution >= 0.6 is 7.37 Å². The molecule has 2 atom stereocenters. The summed E-state index contributed by atoms with van der Waals surface area (Å²) in [7, 11) is -1.64. The average molecular weight is 296 g/mol. The van der Waals surface area contributed by atoms with E-state index in [0.717, 1.165) is 0 Å². The summed E-state index contributed by atoms with van der Waals surface area (Å²) in [6.45, 7) is 6.10. The molecule has 0 saturated carbocycles. The molecule has 0 saturated heterocycles. The van der Waals surface area contributed by atoms with Crippen LogP contribution in [0.25, 0.3) is 0 Å². The first-order chi connectivity index (χ1) is 8.79. The second kappa shape index (κ2) is 6.66. The Hall–Kier alpha value is -0.673. The summed E-state index contributed by atoms with van der Waals surface area (Å²) in [4.78, 5) is 13.7. The molecule has 0 aromatic heterocycles. The van der Waals surface area contributed by atoms with Crippen molar-refractivity contribution in [1.82, 2.24) is 4.90 Å². The van der Waals surface area contributed by atoms with Gasteiger partial charge in [-0.2, -0.15) is 0 Å². The van der Waals surface area contributed by atoms with Gasteiger partial charge in [0, 0.05) is 13.7 Å². The second-order valence-electron chi connectivity index (χ2n) is 5.50. The lowest BCUT2D eigenvalue weighted by molar-refractivity contribution is -0.176. The van der Waals surface area contributed by atoms with E-state index in [4.69, 9.17) is 0 Å². The zero-order valence-corrected chi connectivity index (χ0v) is 13.9. The maximum Gasteiger partial charge on any atom is 0.107 e. The van der Waals surface area contributed by atoms with Crippen LogP contribution in [0.15, 0.2) is 42.6 Å². The molecule has 0 amide bonds. The van der Waals surface area contributed by atoms with E-state index in [0.29, 0.717) is 6.04 Å². The molecule has 1 aromatic carbocycles. The number of nitrogens with zero attached hydrogens (tertiary/aromatic N) is 1.